The Bertz CT molecular complexity index is 563. The summed E-state index contributed by atoms with van der Waals surface area (Å²) in [4.78, 5) is 21.6. The third-order valence-corrected chi connectivity index (χ3v) is 5.49. The maximum Gasteiger partial charge on any atom is 0.252 e. The lowest BCUT2D eigenvalue weighted by Gasteiger charge is -2.28. The first-order valence-corrected chi connectivity index (χ1v) is 8.01. The van der Waals surface area contributed by atoms with E-state index in [1.807, 2.05) is 0 Å². The maximum atomic E-state index is 11.8. The molecule has 0 saturated heterocycles. The smallest absolute Gasteiger partial charge is 0.252 e. The maximum absolute atomic E-state index is 11.8. The van der Waals surface area contributed by atoms with Crippen LogP contribution in [-0.2, 0) is 0 Å². The summed E-state index contributed by atoms with van der Waals surface area (Å²) >= 11 is 0. The highest BCUT2D eigenvalue weighted by molar-refractivity contribution is 5.37. The summed E-state index contributed by atoms with van der Waals surface area (Å²) in [7, 11) is 2.09. The zero-order valence-corrected chi connectivity index (χ0v) is 12.1. The van der Waals surface area contributed by atoms with Gasteiger partial charge in [-0.25, -0.2) is 4.98 Å². The van der Waals surface area contributed by atoms with E-state index in [0.717, 1.165) is 35.9 Å². The normalized spacial score (nSPS) is 31.8. The van der Waals surface area contributed by atoms with E-state index in [9.17, 15) is 4.79 Å². The van der Waals surface area contributed by atoms with Gasteiger partial charge >= 0.3 is 0 Å². The molecule has 3 saturated carbocycles. The minimum Gasteiger partial charge on any atom is -0.359 e. The second-order valence-electron chi connectivity index (χ2n) is 7.08. The molecule has 1 aromatic rings. The number of fused-ring (bicyclic) bond motifs is 2. The first kappa shape index (κ1) is 12.4. The van der Waals surface area contributed by atoms with Gasteiger partial charge in [0.2, 0.25) is 0 Å². The standard InChI is InChI=1S/C16H23N3O/c1-19(9-13-7-10-2-3-12(13)6-10)14-8-15(20)18-16(17-14)11-4-5-11/h8,10-13H,2-7,9H2,1H3,(H,17,18,20). The molecule has 4 heteroatoms. The van der Waals surface area contributed by atoms with Crippen LogP contribution in [0.15, 0.2) is 10.9 Å². The molecule has 3 aliphatic rings. The molecule has 1 aromatic heterocycles. The quantitative estimate of drug-likeness (QED) is 0.917. The van der Waals surface area contributed by atoms with E-state index in [4.69, 9.17) is 0 Å². The SMILES string of the molecule is CN(CC1CC2CCC1C2)c1cc(=O)[nH]c(C2CC2)n1. The van der Waals surface area contributed by atoms with Crippen LogP contribution in [0.5, 0.6) is 0 Å². The molecule has 1 N–H and O–H groups in total. The molecule has 3 aliphatic carbocycles. The highest BCUT2D eigenvalue weighted by Crippen LogP contribution is 2.48. The number of hydrogen-bond acceptors (Lipinski definition) is 3. The van der Waals surface area contributed by atoms with Crippen molar-refractivity contribution in [2.45, 2.75) is 44.4 Å². The highest BCUT2D eigenvalue weighted by Gasteiger charge is 2.39. The van der Waals surface area contributed by atoms with Crippen molar-refractivity contribution < 1.29 is 0 Å². The van der Waals surface area contributed by atoms with Crippen molar-refractivity contribution >= 4 is 5.82 Å². The molecule has 3 unspecified atom stereocenters. The van der Waals surface area contributed by atoms with Gasteiger partial charge in [0, 0.05) is 25.6 Å². The molecule has 3 fully saturated rings. The molecule has 20 heavy (non-hydrogen) atoms. The first-order valence-electron chi connectivity index (χ1n) is 8.01. The lowest BCUT2D eigenvalue weighted by atomic mass is 9.88. The fraction of sp³-hybridized carbons (Fsp3) is 0.750. The van der Waals surface area contributed by atoms with Gasteiger partial charge < -0.3 is 9.88 Å². The number of aromatic amines is 1. The largest absolute Gasteiger partial charge is 0.359 e. The van der Waals surface area contributed by atoms with E-state index < -0.39 is 0 Å². The predicted octanol–water partition coefficient (Wildman–Crippen LogP) is 2.52. The minimum atomic E-state index is -0.00306. The monoisotopic (exact) mass is 273 g/mol. The predicted molar refractivity (Wildman–Crippen MR) is 79.0 cm³/mol. The van der Waals surface area contributed by atoms with Crippen molar-refractivity contribution in [1.29, 1.82) is 0 Å². The molecule has 0 aliphatic heterocycles. The van der Waals surface area contributed by atoms with Crippen LogP contribution >= 0.6 is 0 Å². The molecule has 108 valence electrons. The number of nitrogens with one attached hydrogen (secondary N) is 1. The number of nitrogens with zero attached hydrogens (tertiary/aromatic N) is 2. The first-order chi connectivity index (χ1) is 9.69. The number of aromatic nitrogens is 2. The number of H-pyrrole nitrogens is 1. The summed E-state index contributed by atoms with van der Waals surface area (Å²) in [6.07, 6.45) is 8.02. The Labute approximate surface area is 119 Å². The average Bonchev–Trinajstić information content (AvgIpc) is 3.09. The van der Waals surface area contributed by atoms with Crippen LogP contribution in [0.1, 0.15) is 50.3 Å². The number of rotatable bonds is 4. The van der Waals surface area contributed by atoms with E-state index in [1.54, 1.807) is 6.07 Å². The molecule has 2 bridgehead atoms. The van der Waals surface area contributed by atoms with Crippen LogP contribution in [-0.4, -0.2) is 23.6 Å². The minimum absolute atomic E-state index is 0.00306. The Hall–Kier alpha value is -1.32. The van der Waals surface area contributed by atoms with Gasteiger partial charge in [0.05, 0.1) is 0 Å². The second kappa shape index (κ2) is 4.61. The fourth-order valence-corrected chi connectivity index (χ4v) is 4.25. The van der Waals surface area contributed by atoms with Crippen LogP contribution in [0.4, 0.5) is 5.82 Å². The van der Waals surface area contributed by atoms with Gasteiger partial charge in [0.15, 0.2) is 0 Å². The summed E-state index contributed by atoms with van der Waals surface area (Å²) in [6.45, 7) is 1.06. The van der Waals surface area contributed by atoms with Crippen LogP contribution in [0.3, 0.4) is 0 Å². The van der Waals surface area contributed by atoms with E-state index in [1.165, 1.54) is 38.5 Å². The third-order valence-electron chi connectivity index (χ3n) is 5.49. The second-order valence-corrected chi connectivity index (χ2v) is 7.08. The van der Waals surface area contributed by atoms with E-state index in [0.29, 0.717) is 5.92 Å². The van der Waals surface area contributed by atoms with Gasteiger partial charge in [-0.15, -0.1) is 0 Å². The van der Waals surface area contributed by atoms with Gasteiger partial charge in [0.25, 0.3) is 5.56 Å². The summed E-state index contributed by atoms with van der Waals surface area (Å²) in [6, 6.07) is 1.65. The van der Waals surface area contributed by atoms with Crippen molar-refractivity contribution in [1.82, 2.24) is 9.97 Å². The fourth-order valence-electron chi connectivity index (χ4n) is 4.25. The summed E-state index contributed by atoms with van der Waals surface area (Å²) in [5.41, 5.74) is -0.00306. The Morgan fingerprint density at radius 2 is 2.15 bits per heavy atom. The number of hydrogen-bond donors (Lipinski definition) is 1. The van der Waals surface area contributed by atoms with Gasteiger partial charge in [-0.1, -0.05) is 6.42 Å². The van der Waals surface area contributed by atoms with Crippen molar-refractivity contribution in [3.8, 4) is 0 Å². The molecular formula is C16H23N3O. The topological polar surface area (TPSA) is 49.0 Å². The van der Waals surface area contributed by atoms with E-state index in [-0.39, 0.29) is 5.56 Å². The summed E-state index contributed by atoms with van der Waals surface area (Å²) < 4.78 is 0. The molecule has 1 heterocycles. The van der Waals surface area contributed by atoms with Crippen LogP contribution in [0.2, 0.25) is 0 Å². The van der Waals surface area contributed by atoms with Crippen LogP contribution < -0.4 is 10.5 Å². The lowest BCUT2D eigenvalue weighted by Crippen LogP contribution is -2.30. The Kier molecular flexibility index (Phi) is 2.86. The van der Waals surface area contributed by atoms with Crippen LogP contribution in [0, 0.1) is 17.8 Å². The van der Waals surface area contributed by atoms with Gasteiger partial charge in [-0.3, -0.25) is 4.79 Å². The van der Waals surface area contributed by atoms with Crippen molar-refractivity contribution in [2.24, 2.45) is 17.8 Å². The average molecular weight is 273 g/mol. The van der Waals surface area contributed by atoms with Gasteiger partial charge in [0.1, 0.15) is 11.6 Å². The van der Waals surface area contributed by atoms with Crippen molar-refractivity contribution in [3.63, 3.8) is 0 Å². The summed E-state index contributed by atoms with van der Waals surface area (Å²) in [5, 5.41) is 0. The molecule has 4 nitrogen and oxygen atoms in total. The molecule has 0 radical (unpaired) electrons. The zero-order valence-electron chi connectivity index (χ0n) is 12.1. The Balaban J connectivity index is 1.50. The molecular weight excluding hydrogens is 250 g/mol. The zero-order chi connectivity index (χ0) is 13.7. The highest BCUT2D eigenvalue weighted by atomic mass is 16.1. The van der Waals surface area contributed by atoms with Crippen LogP contribution in [0.25, 0.3) is 0 Å². The van der Waals surface area contributed by atoms with E-state index >= 15 is 0 Å². The summed E-state index contributed by atoms with van der Waals surface area (Å²) in [5.74, 6) is 4.97. The van der Waals surface area contributed by atoms with Gasteiger partial charge in [-0.05, 0) is 49.9 Å². The lowest BCUT2D eigenvalue weighted by molar-refractivity contribution is 0.337. The molecule has 4 rings (SSSR count). The Morgan fingerprint density at radius 1 is 1.30 bits per heavy atom. The molecule has 0 spiro atoms. The van der Waals surface area contributed by atoms with E-state index in [2.05, 4.69) is 21.9 Å². The van der Waals surface area contributed by atoms with Crippen molar-refractivity contribution in [2.75, 3.05) is 18.5 Å². The van der Waals surface area contributed by atoms with Gasteiger partial charge in [-0.2, -0.15) is 0 Å². The Morgan fingerprint density at radius 3 is 2.80 bits per heavy atom. The van der Waals surface area contributed by atoms with Crippen molar-refractivity contribution in [3.05, 3.63) is 22.2 Å². The third kappa shape index (κ3) is 2.25. The molecule has 3 atom stereocenters. The molecule has 0 aromatic carbocycles. The molecule has 0 amide bonds. The number of anilines is 1.